The molecule has 0 unspecified atom stereocenters. The number of thioether (sulfide) groups is 1. The smallest absolute Gasteiger partial charge is 0.410 e. The fourth-order valence-electron chi connectivity index (χ4n) is 5.39. The van der Waals surface area contributed by atoms with Gasteiger partial charge in [0.15, 0.2) is 0 Å². The second-order valence-corrected chi connectivity index (χ2v) is 10.6. The van der Waals surface area contributed by atoms with Crippen molar-refractivity contribution in [3.8, 4) is 0 Å². The molecule has 1 aromatic rings. The topological polar surface area (TPSA) is 120 Å². The van der Waals surface area contributed by atoms with Crippen molar-refractivity contribution in [2.75, 3.05) is 13.2 Å². The van der Waals surface area contributed by atoms with Crippen LogP contribution in [-0.2, 0) is 20.7 Å². The lowest BCUT2D eigenvalue weighted by Crippen LogP contribution is -2.63. The van der Waals surface area contributed by atoms with Crippen molar-refractivity contribution in [1.82, 2.24) is 14.8 Å². The average molecular weight is 502 g/mol. The van der Waals surface area contributed by atoms with Crippen LogP contribution < -0.4 is 0 Å². The predicted octanol–water partition coefficient (Wildman–Crippen LogP) is 2.67. The highest BCUT2D eigenvalue weighted by Crippen LogP contribution is 2.52. The van der Waals surface area contributed by atoms with Crippen molar-refractivity contribution in [2.24, 2.45) is 11.8 Å². The van der Waals surface area contributed by atoms with Crippen molar-refractivity contribution in [2.45, 2.75) is 56.5 Å². The number of aryl methyl sites for hydroxylation is 1. The van der Waals surface area contributed by atoms with Crippen LogP contribution in [0.15, 0.2) is 47.7 Å². The third kappa shape index (κ3) is 4.81. The number of carbonyl (C=O) groups is 3. The van der Waals surface area contributed by atoms with E-state index in [0.717, 1.165) is 5.69 Å². The minimum Gasteiger partial charge on any atom is -0.477 e. The molecule has 0 radical (unpaired) electrons. The van der Waals surface area contributed by atoms with Crippen molar-refractivity contribution < 1.29 is 29.3 Å². The molecule has 4 rings (SSSR count). The van der Waals surface area contributed by atoms with Gasteiger partial charge in [-0.1, -0.05) is 25.6 Å². The summed E-state index contributed by atoms with van der Waals surface area (Å²) < 4.78 is 5.31. The van der Waals surface area contributed by atoms with Crippen LogP contribution in [0.4, 0.5) is 4.79 Å². The third-order valence-corrected chi connectivity index (χ3v) is 8.49. The van der Waals surface area contributed by atoms with Gasteiger partial charge in [0.1, 0.15) is 12.3 Å². The highest BCUT2D eigenvalue weighted by atomic mass is 32.2. The summed E-state index contributed by atoms with van der Waals surface area (Å²) in [5, 5.41) is 19.9. The zero-order valence-corrected chi connectivity index (χ0v) is 20.7. The number of likely N-dealkylation sites (tertiary alicyclic amines) is 1. The summed E-state index contributed by atoms with van der Waals surface area (Å²) in [4.78, 5) is 45.6. The minimum absolute atomic E-state index is 0.00659. The number of aliphatic carboxylic acids is 1. The van der Waals surface area contributed by atoms with Crippen LogP contribution in [0.5, 0.6) is 0 Å². The summed E-state index contributed by atoms with van der Waals surface area (Å²) in [5.74, 6) is -2.31. The van der Waals surface area contributed by atoms with E-state index in [0.29, 0.717) is 30.7 Å². The maximum atomic E-state index is 12.8. The Hall–Kier alpha value is -2.85. The minimum atomic E-state index is -1.15. The Balaban J connectivity index is 1.52. The lowest BCUT2D eigenvalue weighted by molar-refractivity contribution is -0.163. The summed E-state index contributed by atoms with van der Waals surface area (Å²) in [6, 6.07) is 5.30. The molecule has 2 N–H and O–H groups in total. The van der Waals surface area contributed by atoms with Crippen molar-refractivity contribution >= 4 is 29.7 Å². The molecule has 0 spiro atoms. The molecule has 9 nitrogen and oxygen atoms in total. The number of hydrogen-bond donors (Lipinski definition) is 2. The monoisotopic (exact) mass is 501 g/mol. The fourth-order valence-corrected chi connectivity index (χ4v) is 6.95. The summed E-state index contributed by atoms with van der Waals surface area (Å²) in [5.41, 5.74) is 0.947. The number of amides is 2. The Morgan fingerprint density at radius 1 is 1.40 bits per heavy atom. The number of β-lactam (4-membered cyclic amide) rings is 1. The van der Waals surface area contributed by atoms with Gasteiger partial charge in [-0.25, -0.2) is 9.59 Å². The van der Waals surface area contributed by atoms with Gasteiger partial charge >= 0.3 is 12.1 Å². The molecule has 0 bridgehead atoms. The summed E-state index contributed by atoms with van der Waals surface area (Å²) in [6.07, 6.45) is 4.08. The second-order valence-electron chi connectivity index (χ2n) is 9.28. The Morgan fingerprint density at radius 3 is 2.80 bits per heavy atom. The van der Waals surface area contributed by atoms with Crippen molar-refractivity contribution in [3.63, 3.8) is 0 Å². The van der Waals surface area contributed by atoms with Gasteiger partial charge in [-0.2, -0.15) is 0 Å². The van der Waals surface area contributed by atoms with E-state index in [1.807, 2.05) is 25.1 Å². The molecule has 2 saturated heterocycles. The number of aliphatic hydroxyl groups is 1. The fraction of sp³-hybridized carbons (Fsp3) is 0.520. The molecular weight excluding hydrogens is 470 g/mol. The number of carbonyl (C=O) groups excluding carboxylic acids is 2. The van der Waals surface area contributed by atoms with Crippen LogP contribution in [-0.4, -0.2) is 79.6 Å². The molecule has 0 saturated carbocycles. The maximum absolute atomic E-state index is 12.8. The maximum Gasteiger partial charge on any atom is 0.410 e. The van der Waals surface area contributed by atoms with Crippen molar-refractivity contribution in [3.05, 3.63) is 53.3 Å². The molecule has 188 valence electrons. The molecule has 1 aromatic heterocycles. The highest BCUT2D eigenvalue weighted by molar-refractivity contribution is 8.03. The van der Waals surface area contributed by atoms with Crippen LogP contribution in [0.2, 0.25) is 0 Å². The first kappa shape index (κ1) is 25.2. The third-order valence-electron chi connectivity index (χ3n) is 7.00. The van der Waals surface area contributed by atoms with Gasteiger partial charge in [-0.15, -0.1) is 11.8 Å². The standard InChI is InChI=1S/C25H31N3O6S/c1-4-11-34-25(33)27-13-18(12-17(27)9-8-16-7-5-6-10-26-16)35-22-14(2)20-19(15(3)29)23(30)28(20)21(22)24(31)32/h4-7,10,14-15,17-20,29H,1,8-9,11-13H2,2-3H3,(H,31,32)/t14-,15-,17-,18+,19-,20-/m1/s1. The van der Waals surface area contributed by atoms with Gasteiger partial charge in [-0.3, -0.25) is 9.78 Å². The average Bonchev–Trinajstić information content (AvgIpc) is 3.34. The number of ether oxygens (including phenoxy) is 1. The van der Waals surface area contributed by atoms with E-state index in [2.05, 4.69) is 11.6 Å². The molecule has 4 heterocycles. The van der Waals surface area contributed by atoms with E-state index in [1.165, 1.54) is 22.7 Å². The molecule has 3 aliphatic heterocycles. The van der Waals surface area contributed by atoms with E-state index in [-0.39, 0.29) is 41.5 Å². The Kier molecular flexibility index (Phi) is 7.51. The van der Waals surface area contributed by atoms with Gasteiger partial charge in [0.25, 0.3) is 0 Å². The zero-order chi connectivity index (χ0) is 25.3. The molecule has 2 amide bonds. The lowest BCUT2D eigenvalue weighted by atomic mass is 9.79. The number of pyridine rings is 1. The van der Waals surface area contributed by atoms with Crippen LogP contribution in [0.3, 0.4) is 0 Å². The lowest BCUT2D eigenvalue weighted by Gasteiger charge is -2.46. The molecular formula is C25H31N3O6S. The zero-order valence-electron chi connectivity index (χ0n) is 19.9. The first-order valence-electron chi connectivity index (χ1n) is 11.8. The van der Waals surface area contributed by atoms with Crippen LogP contribution >= 0.6 is 11.8 Å². The van der Waals surface area contributed by atoms with Crippen LogP contribution in [0, 0.1) is 11.8 Å². The predicted molar refractivity (Wildman–Crippen MR) is 130 cm³/mol. The molecule has 0 aromatic carbocycles. The molecule has 35 heavy (non-hydrogen) atoms. The van der Waals surface area contributed by atoms with Gasteiger partial charge in [0.05, 0.1) is 18.1 Å². The van der Waals surface area contributed by atoms with Gasteiger partial charge in [0.2, 0.25) is 5.91 Å². The number of carboxylic acid groups (broad SMARTS) is 1. The van der Waals surface area contributed by atoms with Gasteiger partial charge in [0, 0.05) is 40.6 Å². The Labute approximate surface area is 208 Å². The number of rotatable bonds is 9. The quantitative estimate of drug-likeness (QED) is 0.391. The summed E-state index contributed by atoms with van der Waals surface area (Å²) >= 11 is 1.43. The Morgan fingerprint density at radius 2 is 2.17 bits per heavy atom. The summed E-state index contributed by atoms with van der Waals surface area (Å²) in [6.45, 7) is 7.59. The van der Waals surface area contributed by atoms with Crippen LogP contribution in [0.25, 0.3) is 0 Å². The van der Waals surface area contributed by atoms with E-state index in [9.17, 15) is 24.6 Å². The molecule has 0 aliphatic carbocycles. The number of aliphatic hydroxyl groups excluding tert-OH is 1. The van der Waals surface area contributed by atoms with Gasteiger partial charge in [-0.05, 0) is 38.3 Å². The normalized spacial score (nSPS) is 28.5. The largest absolute Gasteiger partial charge is 0.477 e. The van der Waals surface area contributed by atoms with Crippen LogP contribution in [0.1, 0.15) is 32.4 Å². The molecule has 3 aliphatic rings. The number of hydrogen-bond acceptors (Lipinski definition) is 7. The number of carboxylic acids is 1. The first-order chi connectivity index (χ1) is 16.7. The highest BCUT2D eigenvalue weighted by Gasteiger charge is 2.60. The van der Waals surface area contributed by atoms with E-state index < -0.39 is 24.1 Å². The number of fused-ring (bicyclic) bond motifs is 1. The van der Waals surface area contributed by atoms with E-state index in [1.54, 1.807) is 18.0 Å². The molecule has 10 heteroatoms. The van der Waals surface area contributed by atoms with E-state index >= 15 is 0 Å². The Bertz CT molecular complexity index is 1030. The van der Waals surface area contributed by atoms with Crippen molar-refractivity contribution in [1.29, 1.82) is 0 Å². The van der Waals surface area contributed by atoms with Gasteiger partial charge < -0.3 is 24.7 Å². The summed E-state index contributed by atoms with van der Waals surface area (Å²) in [7, 11) is 0. The second kappa shape index (κ2) is 10.4. The molecule has 6 atom stereocenters. The first-order valence-corrected chi connectivity index (χ1v) is 12.7. The number of nitrogens with zero attached hydrogens (tertiary/aromatic N) is 3. The number of aromatic nitrogens is 1. The SMILES string of the molecule is C=CCOC(=O)N1C[C@@H](SC2=C(C(=O)O)N3C(=O)[C@H]([C@@H](C)O)[C@H]3[C@H]2C)C[C@H]1CCc1ccccn1. The molecule has 2 fully saturated rings. The van der Waals surface area contributed by atoms with E-state index in [4.69, 9.17) is 4.74 Å².